The fraction of sp³-hybridized carbons (Fsp3) is 0.824. The largest absolute Gasteiger partial charge is 0.450 e. The van der Waals surface area contributed by atoms with Gasteiger partial charge < -0.3 is 19.9 Å². The molecule has 2 saturated heterocycles. The normalized spacial score (nSPS) is 21.9. The Labute approximate surface area is 143 Å². The van der Waals surface area contributed by atoms with Gasteiger partial charge in [-0.3, -0.25) is 9.59 Å². The average molecular weight is 339 g/mol. The fourth-order valence-electron chi connectivity index (χ4n) is 3.25. The summed E-state index contributed by atoms with van der Waals surface area (Å²) in [6.45, 7) is 6.72. The van der Waals surface area contributed by atoms with Crippen LogP contribution in [-0.4, -0.2) is 66.5 Å². The van der Waals surface area contributed by atoms with Crippen molar-refractivity contribution in [3.8, 4) is 0 Å². The lowest BCUT2D eigenvalue weighted by Crippen LogP contribution is -2.48. The van der Waals surface area contributed by atoms with Crippen LogP contribution in [0, 0.1) is 5.92 Å². The molecule has 2 aliphatic heterocycles. The molecule has 1 unspecified atom stereocenters. The monoisotopic (exact) mass is 339 g/mol. The Morgan fingerprint density at radius 1 is 1.25 bits per heavy atom. The summed E-state index contributed by atoms with van der Waals surface area (Å²) >= 11 is 0. The van der Waals surface area contributed by atoms with E-state index in [1.807, 2.05) is 0 Å². The number of hydrogen-bond acceptors (Lipinski definition) is 4. The highest BCUT2D eigenvalue weighted by atomic mass is 16.6. The number of rotatable bonds is 6. The molecule has 3 amide bonds. The van der Waals surface area contributed by atoms with Crippen molar-refractivity contribution in [3.63, 3.8) is 0 Å². The molecule has 0 aromatic carbocycles. The second-order valence-corrected chi connectivity index (χ2v) is 6.56. The minimum atomic E-state index is -0.282. The van der Waals surface area contributed by atoms with Crippen LogP contribution in [0.2, 0.25) is 0 Å². The first-order valence-electron chi connectivity index (χ1n) is 9.05. The van der Waals surface area contributed by atoms with Crippen LogP contribution < -0.4 is 5.32 Å². The molecule has 136 valence electrons. The van der Waals surface area contributed by atoms with Crippen molar-refractivity contribution in [2.24, 2.45) is 5.92 Å². The molecule has 2 fully saturated rings. The first-order valence-corrected chi connectivity index (χ1v) is 9.05. The zero-order valence-corrected chi connectivity index (χ0v) is 14.8. The van der Waals surface area contributed by atoms with E-state index in [2.05, 4.69) is 12.2 Å². The van der Waals surface area contributed by atoms with Gasteiger partial charge in [-0.25, -0.2) is 4.79 Å². The molecule has 2 heterocycles. The van der Waals surface area contributed by atoms with Crippen molar-refractivity contribution >= 4 is 17.9 Å². The SMILES string of the molecule is CCCCN1CC(C(=O)NC2CCN(C(=O)OCC)CC2)CC1=O. The molecule has 0 aliphatic carbocycles. The van der Waals surface area contributed by atoms with Crippen molar-refractivity contribution in [3.05, 3.63) is 0 Å². The predicted molar refractivity (Wildman–Crippen MR) is 89.4 cm³/mol. The number of carbonyl (C=O) groups excluding carboxylic acids is 3. The van der Waals surface area contributed by atoms with Gasteiger partial charge in [-0.2, -0.15) is 0 Å². The lowest BCUT2D eigenvalue weighted by Gasteiger charge is -2.32. The van der Waals surface area contributed by atoms with Crippen molar-refractivity contribution in [1.82, 2.24) is 15.1 Å². The van der Waals surface area contributed by atoms with E-state index in [0.717, 1.165) is 32.2 Å². The van der Waals surface area contributed by atoms with Gasteiger partial charge in [0, 0.05) is 38.6 Å². The Hall–Kier alpha value is -1.79. The summed E-state index contributed by atoms with van der Waals surface area (Å²) in [5, 5.41) is 3.05. The maximum atomic E-state index is 12.4. The molecule has 2 rings (SSSR count). The highest BCUT2D eigenvalue weighted by Crippen LogP contribution is 2.20. The highest BCUT2D eigenvalue weighted by molar-refractivity contribution is 5.89. The maximum Gasteiger partial charge on any atom is 0.409 e. The van der Waals surface area contributed by atoms with Crippen LogP contribution in [0.5, 0.6) is 0 Å². The third-order valence-corrected chi connectivity index (χ3v) is 4.73. The van der Waals surface area contributed by atoms with Crippen molar-refractivity contribution in [2.45, 2.75) is 52.0 Å². The van der Waals surface area contributed by atoms with Crippen LogP contribution in [0.4, 0.5) is 4.79 Å². The van der Waals surface area contributed by atoms with Gasteiger partial charge in [-0.15, -0.1) is 0 Å². The van der Waals surface area contributed by atoms with Gasteiger partial charge in [0.2, 0.25) is 11.8 Å². The second kappa shape index (κ2) is 8.89. The second-order valence-electron chi connectivity index (χ2n) is 6.56. The minimum Gasteiger partial charge on any atom is -0.450 e. The lowest BCUT2D eigenvalue weighted by molar-refractivity contribution is -0.129. The van der Waals surface area contributed by atoms with Gasteiger partial charge in [0.05, 0.1) is 12.5 Å². The minimum absolute atomic E-state index is 0.0306. The Kier molecular flexibility index (Phi) is 6.87. The summed E-state index contributed by atoms with van der Waals surface area (Å²) < 4.78 is 4.99. The Morgan fingerprint density at radius 3 is 2.58 bits per heavy atom. The number of likely N-dealkylation sites (tertiary alicyclic amines) is 2. The number of amides is 3. The van der Waals surface area contributed by atoms with E-state index in [-0.39, 0.29) is 29.9 Å². The molecule has 0 aromatic rings. The first-order chi connectivity index (χ1) is 11.5. The molecule has 0 spiro atoms. The van der Waals surface area contributed by atoms with E-state index in [0.29, 0.717) is 32.7 Å². The molecule has 2 aliphatic rings. The van der Waals surface area contributed by atoms with Crippen LogP contribution in [-0.2, 0) is 14.3 Å². The Bertz CT molecular complexity index is 461. The molecule has 24 heavy (non-hydrogen) atoms. The third kappa shape index (κ3) is 4.85. The predicted octanol–water partition coefficient (Wildman–Crippen LogP) is 1.37. The molecular weight excluding hydrogens is 310 g/mol. The number of carbonyl (C=O) groups is 3. The molecular formula is C17H29N3O4. The molecule has 7 heteroatoms. The zero-order valence-electron chi connectivity index (χ0n) is 14.8. The Balaban J connectivity index is 1.74. The molecule has 0 saturated carbocycles. The highest BCUT2D eigenvalue weighted by Gasteiger charge is 2.35. The van der Waals surface area contributed by atoms with E-state index < -0.39 is 0 Å². The quantitative estimate of drug-likeness (QED) is 0.793. The molecule has 0 bridgehead atoms. The van der Waals surface area contributed by atoms with Crippen LogP contribution in [0.1, 0.15) is 46.0 Å². The summed E-state index contributed by atoms with van der Waals surface area (Å²) in [7, 11) is 0. The molecule has 7 nitrogen and oxygen atoms in total. The van der Waals surface area contributed by atoms with E-state index in [4.69, 9.17) is 4.74 Å². The van der Waals surface area contributed by atoms with Gasteiger partial charge in [0.15, 0.2) is 0 Å². The third-order valence-electron chi connectivity index (χ3n) is 4.73. The van der Waals surface area contributed by atoms with Gasteiger partial charge in [-0.05, 0) is 26.2 Å². The van der Waals surface area contributed by atoms with Crippen LogP contribution in [0.3, 0.4) is 0 Å². The smallest absolute Gasteiger partial charge is 0.409 e. The van der Waals surface area contributed by atoms with Crippen molar-refractivity contribution < 1.29 is 19.1 Å². The first kappa shape index (κ1) is 18.5. The van der Waals surface area contributed by atoms with Crippen LogP contribution >= 0.6 is 0 Å². The fourth-order valence-corrected chi connectivity index (χ4v) is 3.25. The number of unbranched alkanes of at least 4 members (excludes halogenated alkanes) is 1. The molecule has 1 atom stereocenters. The number of nitrogens with one attached hydrogen (secondary N) is 1. The number of hydrogen-bond donors (Lipinski definition) is 1. The van der Waals surface area contributed by atoms with E-state index >= 15 is 0 Å². The van der Waals surface area contributed by atoms with Crippen LogP contribution in [0.15, 0.2) is 0 Å². The summed E-state index contributed by atoms with van der Waals surface area (Å²) in [5.41, 5.74) is 0. The Morgan fingerprint density at radius 2 is 1.96 bits per heavy atom. The summed E-state index contributed by atoms with van der Waals surface area (Å²) in [4.78, 5) is 39.5. The average Bonchev–Trinajstić information content (AvgIpc) is 2.95. The van der Waals surface area contributed by atoms with Gasteiger partial charge >= 0.3 is 6.09 Å². The summed E-state index contributed by atoms with van der Waals surface area (Å²) in [6, 6.07) is 0.0722. The molecule has 1 N–H and O–H groups in total. The standard InChI is InChI=1S/C17H29N3O4/c1-3-5-8-20-12-13(11-15(20)21)16(22)18-14-6-9-19(10-7-14)17(23)24-4-2/h13-14H,3-12H2,1-2H3,(H,18,22). The van der Waals surface area contributed by atoms with E-state index in [1.54, 1.807) is 16.7 Å². The summed E-state index contributed by atoms with van der Waals surface area (Å²) in [5.74, 6) is -0.185. The number of ether oxygens (including phenoxy) is 1. The topological polar surface area (TPSA) is 79.0 Å². The lowest BCUT2D eigenvalue weighted by atomic mass is 10.0. The number of piperidine rings is 1. The van der Waals surface area contributed by atoms with Gasteiger partial charge in [0.25, 0.3) is 0 Å². The zero-order chi connectivity index (χ0) is 17.5. The van der Waals surface area contributed by atoms with E-state index in [9.17, 15) is 14.4 Å². The summed E-state index contributed by atoms with van der Waals surface area (Å²) in [6.07, 6.45) is 3.51. The van der Waals surface area contributed by atoms with Crippen molar-refractivity contribution in [2.75, 3.05) is 32.8 Å². The van der Waals surface area contributed by atoms with Gasteiger partial charge in [-0.1, -0.05) is 13.3 Å². The van der Waals surface area contributed by atoms with Crippen molar-refractivity contribution in [1.29, 1.82) is 0 Å². The molecule has 0 radical (unpaired) electrons. The van der Waals surface area contributed by atoms with Gasteiger partial charge in [0.1, 0.15) is 0 Å². The maximum absolute atomic E-state index is 12.4. The van der Waals surface area contributed by atoms with Crippen LogP contribution in [0.25, 0.3) is 0 Å². The van der Waals surface area contributed by atoms with E-state index in [1.165, 1.54) is 0 Å². The molecule has 0 aromatic heterocycles. The number of nitrogens with zero attached hydrogens (tertiary/aromatic N) is 2.